The molecule has 2 saturated carbocycles. The van der Waals surface area contributed by atoms with Crippen LogP contribution in [0.1, 0.15) is 43.6 Å². The Balaban J connectivity index is 1.63. The van der Waals surface area contributed by atoms with E-state index in [2.05, 4.69) is 28.6 Å². The molecule has 16 heavy (non-hydrogen) atoms. The van der Waals surface area contributed by atoms with Crippen molar-refractivity contribution in [2.45, 2.75) is 44.1 Å². The smallest absolute Gasteiger partial charge is 0.0302 e. The summed E-state index contributed by atoms with van der Waals surface area (Å²) < 4.78 is 0. The lowest BCUT2D eigenvalue weighted by atomic mass is 9.90. The highest BCUT2D eigenvalue weighted by Gasteiger charge is 2.30. The summed E-state index contributed by atoms with van der Waals surface area (Å²) in [6.07, 6.45) is 10.8. The molecule has 3 rings (SSSR count). The monoisotopic (exact) mass is 216 g/mol. The normalized spacial score (nSPS) is 29.5. The SMILES string of the molecule is c1cncc(C2CCCC2CNC2CC2)c1. The van der Waals surface area contributed by atoms with Gasteiger partial charge in [-0.1, -0.05) is 12.5 Å². The highest BCUT2D eigenvalue weighted by atomic mass is 14.9. The van der Waals surface area contributed by atoms with Crippen LogP contribution in [0.15, 0.2) is 24.5 Å². The predicted molar refractivity (Wildman–Crippen MR) is 65.3 cm³/mol. The van der Waals surface area contributed by atoms with Crippen molar-refractivity contribution < 1.29 is 0 Å². The van der Waals surface area contributed by atoms with Crippen molar-refractivity contribution in [1.29, 1.82) is 0 Å². The molecule has 0 spiro atoms. The van der Waals surface area contributed by atoms with Gasteiger partial charge in [-0.2, -0.15) is 0 Å². The second kappa shape index (κ2) is 4.54. The van der Waals surface area contributed by atoms with Gasteiger partial charge in [-0.15, -0.1) is 0 Å². The van der Waals surface area contributed by atoms with Crippen molar-refractivity contribution in [3.63, 3.8) is 0 Å². The van der Waals surface area contributed by atoms with Gasteiger partial charge in [0.05, 0.1) is 0 Å². The molecule has 2 fully saturated rings. The van der Waals surface area contributed by atoms with E-state index < -0.39 is 0 Å². The van der Waals surface area contributed by atoms with Gasteiger partial charge in [-0.3, -0.25) is 4.98 Å². The average molecular weight is 216 g/mol. The van der Waals surface area contributed by atoms with Crippen LogP contribution in [0.4, 0.5) is 0 Å². The molecule has 2 heteroatoms. The van der Waals surface area contributed by atoms with Crippen LogP contribution in [-0.2, 0) is 0 Å². The van der Waals surface area contributed by atoms with Gasteiger partial charge in [-0.05, 0) is 55.7 Å². The summed E-state index contributed by atoms with van der Waals surface area (Å²) >= 11 is 0. The molecule has 0 aliphatic heterocycles. The lowest BCUT2D eigenvalue weighted by Crippen LogP contribution is -2.26. The predicted octanol–water partition coefficient (Wildman–Crippen LogP) is 2.72. The Morgan fingerprint density at radius 1 is 1.25 bits per heavy atom. The van der Waals surface area contributed by atoms with Crippen molar-refractivity contribution >= 4 is 0 Å². The summed E-state index contributed by atoms with van der Waals surface area (Å²) in [7, 11) is 0. The molecule has 86 valence electrons. The van der Waals surface area contributed by atoms with Crippen LogP contribution in [0.3, 0.4) is 0 Å². The number of nitrogens with one attached hydrogen (secondary N) is 1. The first-order valence-corrected chi connectivity index (χ1v) is 6.57. The molecular formula is C14H20N2. The maximum absolute atomic E-state index is 4.25. The molecule has 2 aliphatic carbocycles. The number of hydrogen-bond donors (Lipinski definition) is 1. The number of nitrogens with zero attached hydrogens (tertiary/aromatic N) is 1. The molecule has 1 N–H and O–H groups in total. The second-order valence-electron chi connectivity index (χ2n) is 5.27. The molecule has 2 unspecified atom stereocenters. The summed E-state index contributed by atoms with van der Waals surface area (Å²) in [6.45, 7) is 1.21. The Kier molecular flexibility index (Phi) is 2.92. The van der Waals surface area contributed by atoms with Crippen molar-refractivity contribution in [3.05, 3.63) is 30.1 Å². The minimum Gasteiger partial charge on any atom is -0.314 e. The fourth-order valence-electron chi connectivity index (χ4n) is 2.92. The number of rotatable bonds is 4. The quantitative estimate of drug-likeness (QED) is 0.837. The first kappa shape index (κ1) is 10.3. The first-order valence-electron chi connectivity index (χ1n) is 6.57. The maximum atomic E-state index is 4.25. The summed E-state index contributed by atoms with van der Waals surface area (Å²) in [4.78, 5) is 4.25. The van der Waals surface area contributed by atoms with Gasteiger partial charge in [0.1, 0.15) is 0 Å². The minimum absolute atomic E-state index is 0.750. The fourth-order valence-corrected chi connectivity index (χ4v) is 2.92. The van der Waals surface area contributed by atoms with Crippen molar-refractivity contribution in [3.8, 4) is 0 Å². The Morgan fingerprint density at radius 3 is 2.94 bits per heavy atom. The van der Waals surface area contributed by atoms with Crippen LogP contribution < -0.4 is 5.32 Å². The Labute approximate surface area is 97.5 Å². The molecule has 0 radical (unpaired) electrons. The summed E-state index contributed by atoms with van der Waals surface area (Å²) in [5.41, 5.74) is 1.45. The Hall–Kier alpha value is -0.890. The highest BCUT2D eigenvalue weighted by Crippen LogP contribution is 2.39. The third kappa shape index (κ3) is 2.27. The third-order valence-electron chi connectivity index (χ3n) is 4.02. The molecule has 2 nitrogen and oxygen atoms in total. The van der Waals surface area contributed by atoms with E-state index in [-0.39, 0.29) is 0 Å². The minimum atomic E-state index is 0.750. The van der Waals surface area contributed by atoms with Crippen LogP contribution >= 0.6 is 0 Å². The Morgan fingerprint density at radius 2 is 2.19 bits per heavy atom. The van der Waals surface area contributed by atoms with E-state index in [1.54, 1.807) is 0 Å². The van der Waals surface area contributed by atoms with Crippen LogP contribution in [-0.4, -0.2) is 17.6 Å². The molecule has 2 atom stereocenters. The molecule has 1 aromatic heterocycles. The van der Waals surface area contributed by atoms with Crippen molar-refractivity contribution in [1.82, 2.24) is 10.3 Å². The molecule has 0 amide bonds. The van der Waals surface area contributed by atoms with E-state index >= 15 is 0 Å². The number of hydrogen-bond acceptors (Lipinski definition) is 2. The fraction of sp³-hybridized carbons (Fsp3) is 0.643. The van der Waals surface area contributed by atoms with E-state index in [0.29, 0.717) is 0 Å². The molecule has 1 heterocycles. The second-order valence-corrected chi connectivity index (χ2v) is 5.27. The number of aromatic nitrogens is 1. The zero-order chi connectivity index (χ0) is 10.8. The highest BCUT2D eigenvalue weighted by molar-refractivity contribution is 5.17. The van der Waals surface area contributed by atoms with Gasteiger partial charge in [-0.25, -0.2) is 0 Å². The van der Waals surface area contributed by atoms with Crippen molar-refractivity contribution in [2.75, 3.05) is 6.54 Å². The number of pyridine rings is 1. The van der Waals surface area contributed by atoms with Crippen molar-refractivity contribution in [2.24, 2.45) is 5.92 Å². The van der Waals surface area contributed by atoms with E-state index in [9.17, 15) is 0 Å². The molecule has 0 aromatic carbocycles. The van der Waals surface area contributed by atoms with Gasteiger partial charge in [0, 0.05) is 18.4 Å². The van der Waals surface area contributed by atoms with Gasteiger partial charge in [0.15, 0.2) is 0 Å². The third-order valence-corrected chi connectivity index (χ3v) is 4.02. The summed E-state index contributed by atoms with van der Waals surface area (Å²) in [5, 5.41) is 3.68. The van der Waals surface area contributed by atoms with Crippen LogP contribution in [0.5, 0.6) is 0 Å². The van der Waals surface area contributed by atoms with Gasteiger partial charge >= 0.3 is 0 Å². The van der Waals surface area contributed by atoms with Gasteiger partial charge < -0.3 is 5.32 Å². The Bertz CT molecular complexity index is 332. The topological polar surface area (TPSA) is 24.9 Å². The lowest BCUT2D eigenvalue weighted by molar-refractivity contribution is 0.442. The van der Waals surface area contributed by atoms with E-state index in [0.717, 1.165) is 17.9 Å². The molecule has 0 bridgehead atoms. The van der Waals surface area contributed by atoms with Crippen LogP contribution in [0, 0.1) is 5.92 Å². The molecule has 2 aliphatic rings. The standard InChI is InChI=1S/C14H20N2/c1-3-12(10-16-13-6-7-13)14(5-1)11-4-2-8-15-9-11/h2,4,8-9,12-14,16H,1,3,5-7,10H2. The van der Waals surface area contributed by atoms with E-state index in [4.69, 9.17) is 0 Å². The zero-order valence-corrected chi connectivity index (χ0v) is 9.73. The molecule has 1 aromatic rings. The van der Waals surface area contributed by atoms with E-state index in [1.165, 1.54) is 44.2 Å². The van der Waals surface area contributed by atoms with E-state index in [1.807, 2.05) is 6.20 Å². The zero-order valence-electron chi connectivity index (χ0n) is 9.73. The average Bonchev–Trinajstić information content (AvgIpc) is 3.05. The lowest BCUT2D eigenvalue weighted by Gasteiger charge is -2.20. The summed E-state index contributed by atoms with van der Waals surface area (Å²) in [6, 6.07) is 5.15. The molecular weight excluding hydrogens is 196 g/mol. The molecule has 0 saturated heterocycles. The first-order chi connectivity index (χ1) is 7.93. The summed E-state index contributed by atoms with van der Waals surface area (Å²) in [5.74, 6) is 1.59. The van der Waals surface area contributed by atoms with Gasteiger partial charge in [0.2, 0.25) is 0 Å². The maximum Gasteiger partial charge on any atom is 0.0302 e. The largest absolute Gasteiger partial charge is 0.314 e. The van der Waals surface area contributed by atoms with Gasteiger partial charge in [0.25, 0.3) is 0 Å². The van der Waals surface area contributed by atoms with Crippen LogP contribution in [0.2, 0.25) is 0 Å². The van der Waals surface area contributed by atoms with Crippen LogP contribution in [0.25, 0.3) is 0 Å².